The Bertz CT molecular complexity index is 719. The molecule has 0 aliphatic carbocycles. The van der Waals surface area contributed by atoms with E-state index in [0.717, 1.165) is 15.4 Å². The van der Waals surface area contributed by atoms with Crippen molar-refractivity contribution in [2.75, 3.05) is 29.5 Å². The number of rotatable bonds is 1. The third-order valence-corrected chi connectivity index (χ3v) is 5.26. The highest BCUT2D eigenvalue weighted by molar-refractivity contribution is 9.10. The summed E-state index contributed by atoms with van der Waals surface area (Å²) in [5, 5.41) is 0.961. The second kappa shape index (κ2) is 4.72. The Balaban J connectivity index is 1.92. The van der Waals surface area contributed by atoms with Crippen LogP contribution in [0.1, 0.15) is 0 Å². The number of hydrogen-bond acceptors (Lipinski definition) is 5. The Morgan fingerprint density at radius 2 is 1.95 bits per heavy atom. The largest absolute Gasteiger partial charge is 0.339 e. The molecule has 19 heavy (non-hydrogen) atoms. The van der Waals surface area contributed by atoms with Crippen molar-refractivity contribution in [3.63, 3.8) is 0 Å². The van der Waals surface area contributed by atoms with E-state index in [0.29, 0.717) is 19.0 Å². The van der Waals surface area contributed by atoms with Crippen molar-refractivity contribution >= 4 is 42.6 Å². The van der Waals surface area contributed by atoms with Crippen molar-refractivity contribution in [1.29, 1.82) is 0 Å². The van der Waals surface area contributed by atoms with Gasteiger partial charge in [0.2, 0.25) is 5.95 Å². The van der Waals surface area contributed by atoms with Crippen LogP contribution >= 0.6 is 15.9 Å². The van der Waals surface area contributed by atoms with Gasteiger partial charge in [0.05, 0.1) is 17.0 Å². The SMILES string of the molecule is O=S1(=O)CCN(c2ncc3cc(Br)ccc3n2)CC1. The van der Waals surface area contributed by atoms with E-state index in [1.807, 2.05) is 23.1 Å². The van der Waals surface area contributed by atoms with Crippen LogP contribution in [0.4, 0.5) is 5.95 Å². The van der Waals surface area contributed by atoms with E-state index in [2.05, 4.69) is 25.9 Å². The summed E-state index contributed by atoms with van der Waals surface area (Å²) in [5.41, 5.74) is 0.863. The summed E-state index contributed by atoms with van der Waals surface area (Å²) in [6.07, 6.45) is 1.77. The Kier molecular flexibility index (Phi) is 3.18. The molecule has 0 radical (unpaired) electrons. The first-order valence-electron chi connectivity index (χ1n) is 5.91. The normalized spacial score (nSPS) is 18.7. The number of fused-ring (bicyclic) bond motifs is 1. The second-order valence-corrected chi connectivity index (χ2v) is 7.73. The summed E-state index contributed by atoms with van der Waals surface area (Å²) in [5.74, 6) is 0.952. The minimum absolute atomic E-state index is 0.175. The fourth-order valence-corrected chi connectivity index (χ4v) is 3.64. The third-order valence-electron chi connectivity index (χ3n) is 3.16. The number of halogens is 1. The predicted molar refractivity (Wildman–Crippen MR) is 78.1 cm³/mol. The van der Waals surface area contributed by atoms with Crippen LogP contribution in [0.25, 0.3) is 10.9 Å². The highest BCUT2D eigenvalue weighted by atomic mass is 79.9. The maximum absolute atomic E-state index is 11.4. The topological polar surface area (TPSA) is 63.2 Å². The fraction of sp³-hybridized carbons (Fsp3) is 0.333. The molecule has 1 aromatic carbocycles. The molecule has 1 fully saturated rings. The smallest absolute Gasteiger partial charge is 0.225 e. The first-order chi connectivity index (χ1) is 9.03. The minimum Gasteiger partial charge on any atom is -0.339 e. The quantitative estimate of drug-likeness (QED) is 0.788. The lowest BCUT2D eigenvalue weighted by atomic mass is 10.2. The van der Waals surface area contributed by atoms with Gasteiger partial charge >= 0.3 is 0 Å². The van der Waals surface area contributed by atoms with Gasteiger partial charge in [-0.2, -0.15) is 0 Å². The molecule has 1 aromatic heterocycles. The average molecular weight is 342 g/mol. The predicted octanol–water partition coefficient (Wildman–Crippen LogP) is 1.63. The summed E-state index contributed by atoms with van der Waals surface area (Å²) in [6, 6.07) is 5.81. The molecule has 0 amide bonds. The number of sulfone groups is 1. The zero-order chi connectivity index (χ0) is 13.5. The molecular formula is C12H12BrN3O2S. The van der Waals surface area contributed by atoms with Crippen LogP contribution in [-0.4, -0.2) is 43.0 Å². The maximum Gasteiger partial charge on any atom is 0.225 e. The molecule has 0 atom stereocenters. The summed E-state index contributed by atoms with van der Waals surface area (Å²) in [6.45, 7) is 0.925. The second-order valence-electron chi connectivity index (χ2n) is 4.51. The molecule has 0 spiro atoms. The Morgan fingerprint density at radius 1 is 1.21 bits per heavy atom. The van der Waals surface area contributed by atoms with E-state index in [4.69, 9.17) is 0 Å². The number of aromatic nitrogens is 2. The summed E-state index contributed by atoms with van der Waals surface area (Å²) >= 11 is 3.41. The molecule has 100 valence electrons. The molecule has 5 nitrogen and oxygen atoms in total. The van der Waals surface area contributed by atoms with E-state index in [-0.39, 0.29) is 11.5 Å². The molecular weight excluding hydrogens is 330 g/mol. The molecule has 2 aromatic rings. The van der Waals surface area contributed by atoms with E-state index in [1.54, 1.807) is 6.20 Å². The van der Waals surface area contributed by atoms with Crippen LogP contribution in [-0.2, 0) is 9.84 Å². The van der Waals surface area contributed by atoms with Crippen LogP contribution in [0, 0.1) is 0 Å². The van der Waals surface area contributed by atoms with Crippen molar-refractivity contribution in [2.45, 2.75) is 0 Å². The van der Waals surface area contributed by atoms with E-state index in [9.17, 15) is 8.42 Å². The summed E-state index contributed by atoms with van der Waals surface area (Å²) in [7, 11) is -2.88. The fourth-order valence-electron chi connectivity index (χ4n) is 2.06. The van der Waals surface area contributed by atoms with Gasteiger partial charge in [-0.25, -0.2) is 18.4 Å². The number of anilines is 1. The van der Waals surface area contributed by atoms with Gasteiger partial charge in [0.25, 0.3) is 0 Å². The number of benzene rings is 1. The van der Waals surface area contributed by atoms with Gasteiger partial charge in [-0.15, -0.1) is 0 Å². The van der Waals surface area contributed by atoms with Gasteiger partial charge in [0.1, 0.15) is 0 Å². The minimum atomic E-state index is -2.88. The molecule has 1 aliphatic heterocycles. The zero-order valence-electron chi connectivity index (χ0n) is 10.1. The van der Waals surface area contributed by atoms with E-state index < -0.39 is 9.84 Å². The number of nitrogens with zero attached hydrogens (tertiary/aromatic N) is 3. The first kappa shape index (κ1) is 12.8. The monoisotopic (exact) mass is 341 g/mol. The van der Waals surface area contributed by atoms with Crippen molar-refractivity contribution < 1.29 is 8.42 Å². The lowest BCUT2D eigenvalue weighted by Crippen LogP contribution is -2.41. The molecule has 3 rings (SSSR count). The van der Waals surface area contributed by atoms with E-state index in [1.165, 1.54) is 0 Å². The van der Waals surface area contributed by atoms with Crippen LogP contribution in [0.15, 0.2) is 28.9 Å². The highest BCUT2D eigenvalue weighted by Crippen LogP contribution is 2.20. The van der Waals surface area contributed by atoms with Gasteiger partial charge in [0.15, 0.2) is 9.84 Å². The maximum atomic E-state index is 11.4. The Morgan fingerprint density at radius 3 is 2.68 bits per heavy atom. The molecule has 1 saturated heterocycles. The standard InChI is InChI=1S/C12H12BrN3O2S/c13-10-1-2-11-9(7-10)8-14-12(15-11)16-3-5-19(17,18)6-4-16/h1-2,7-8H,3-6H2. The molecule has 0 saturated carbocycles. The summed E-state index contributed by atoms with van der Waals surface area (Å²) in [4.78, 5) is 10.7. The van der Waals surface area contributed by atoms with Crippen LogP contribution in [0.3, 0.4) is 0 Å². The van der Waals surface area contributed by atoms with Crippen LogP contribution < -0.4 is 4.90 Å². The molecule has 0 bridgehead atoms. The van der Waals surface area contributed by atoms with Gasteiger partial charge < -0.3 is 4.90 Å². The van der Waals surface area contributed by atoms with Crippen LogP contribution in [0.2, 0.25) is 0 Å². The molecule has 0 unspecified atom stereocenters. The van der Waals surface area contributed by atoms with Crippen molar-refractivity contribution in [3.8, 4) is 0 Å². The van der Waals surface area contributed by atoms with Crippen molar-refractivity contribution in [1.82, 2.24) is 9.97 Å². The van der Waals surface area contributed by atoms with Crippen molar-refractivity contribution in [2.24, 2.45) is 0 Å². The molecule has 7 heteroatoms. The first-order valence-corrected chi connectivity index (χ1v) is 8.53. The lowest BCUT2D eigenvalue weighted by Gasteiger charge is -2.26. The van der Waals surface area contributed by atoms with Gasteiger partial charge in [0, 0.05) is 29.1 Å². The molecule has 0 N–H and O–H groups in total. The Hall–Kier alpha value is -1.21. The summed E-state index contributed by atoms with van der Waals surface area (Å²) < 4.78 is 23.8. The average Bonchev–Trinajstić information content (AvgIpc) is 2.38. The molecule has 1 aliphatic rings. The van der Waals surface area contributed by atoms with Gasteiger partial charge in [-0.3, -0.25) is 0 Å². The van der Waals surface area contributed by atoms with Crippen molar-refractivity contribution in [3.05, 3.63) is 28.9 Å². The highest BCUT2D eigenvalue weighted by Gasteiger charge is 2.23. The molecule has 2 heterocycles. The van der Waals surface area contributed by atoms with E-state index >= 15 is 0 Å². The van der Waals surface area contributed by atoms with Crippen LogP contribution in [0.5, 0.6) is 0 Å². The Labute approximate surface area is 119 Å². The van der Waals surface area contributed by atoms with Gasteiger partial charge in [-0.05, 0) is 18.2 Å². The zero-order valence-corrected chi connectivity index (χ0v) is 12.5. The number of hydrogen-bond donors (Lipinski definition) is 0. The van der Waals surface area contributed by atoms with Gasteiger partial charge in [-0.1, -0.05) is 15.9 Å². The lowest BCUT2D eigenvalue weighted by molar-refractivity contribution is 0.585. The third kappa shape index (κ3) is 2.71.